The van der Waals surface area contributed by atoms with Crippen LogP contribution in [-0.2, 0) is 0 Å². The third-order valence-electron chi connectivity index (χ3n) is 4.15. The van der Waals surface area contributed by atoms with Gasteiger partial charge in [0.2, 0.25) is 0 Å². The maximum absolute atomic E-state index is 4.22. The van der Waals surface area contributed by atoms with Crippen molar-refractivity contribution >= 4 is 0 Å². The lowest BCUT2D eigenvalue weighted by atomic mass is 9.82. The highest BCUT2D eigenvalue weighted by atomic mass is 14.6. The Labute approximate surface area is 106 Å². The molecule has 0 N–H and O–H groups in total. The van der Waals surface area contributed by atoms with Gasteiger partial charge in [0.15, 0.2) is 0 Å². The van der Waals surface area contributed by atoms with E-state index in [9.17, 15) is 0 Å². The van der Waals surface area contributed by atoms with Crippen LogP contribution in [0.5, 0.6) is 0 Å². The largest absolute Gasteiger partial charge is 0.264 e. The lowest BCUT2D eigenvalue weighted by Gasteiger charge is -2.23. The summed E-state index contributed by atoms with van der Waals surface area (Å²) in [7, 11) is 0. The Morgan fingerprint density at radius 1 is 1.29 bits per heavy atom. The van der Waals surface area contributed by atoms with E-state index in [0.717, 1.165) is 12.3 Å². The second-order valence-corrected chi connectivity index (χ2v) is 5.35. The van der Waals surface area contributed by atoms with Crippen LogP contribution >= 0.6 is 0 Å². The molecule has 1 fully saturated rings. The Morgan fingerprint density at radius 3 is 2.76 bits per heavy atom. The first-order valence-corrected chi connectivity index (χ1v) is 7.09. The van der Waals surface area contributed by atoms with Crippen molar-refractivity contribution in [2.75, 3.05) is 0 Å². The lowest BCUT2D eigenvalue weighted by Crippen LogP contribution is -2.08. The molecule has 93 valence electrons. The predicted octanol–water partition coefficient (Wildman–Crippen LogP) is 4.75. The van der Waals surface area contributed by atoms with Crippen molar-refractivity contribution in [1.29, 1.82) is 0 Å². The maximum Gasteiger partial charge on any atom is 0.0302 e. The number of hydrogen-bond donors (Lipinski definition) is 0. The molecule has 0 spiro atoms. The SMILES string of the molecule is [CH2]CC(CCC1CCCCC1)c1cccnc1. The third kappa shape index (κ3) is 3.83. The number of aromatic nitrogens is 1. The van der Waals surface area contributed by atoms with Gasteiger partial charge in [0.1, 0.15) is 0 Å². The van der Waals surface area contributed by atoms with Crippen LogP contribution in [0.15, 0.2) is 24.5 Å². The van der Waals surface area contributed by atoms with Crippen LogP contribution in [0.3, 0.4) is 0 Å². The van der Waals surface area contributed by atoms with Gasteiger partial charge in [-0.15, -0.1) is 0 Å². The number of nitrogens with zero attached hydrogens (tertiary/aromatic N) is 1. The van der Waals surface area contributed by atoms with Crippen LogP contribution in [-0.4, -0.2) is 4.98 Å². The molecule has 1 atom stereocenters. The van der Waals surface area contributed by atoms with Gasteiger partial charge in [-0.05, 0) is 42.7 Å². The van der Waals surface area contributed by atoms with E-state index in [1.807, 2.05) is 18.5 Å². The van der Waals surface area contributed by atoms with E-state index in [0.29, 0.717) is 5.92 Å². The van der Waals surface area contributed by atoms with Crippen LogP contribution in [0, 0.1) is 12.8 Å². The molecule has 0 bridgehead atoms. The van der Waals surface area contributed by atoms with E-state index >= 15 is 0 Å². The fourth-order valence-corrected chi connectivity index (χ4v) is 3.01. The van der Waals surface area contributed by atoms with Crippen molar-refractivity contribution in [3.8, 4) is 0 Å². The van der Waals surface area contributed by atoms with Gasteiger partial charge in [0, 0.05) is 12.4 Å². The molecule has 1 aliphatic rings. The molecule has 1 radical (unpaired) electrons. The van der Waals surface area contributed by atoms with E-state index in [1.165, 1.54) is 50.5 Å². The fourth-order valence-electron chi connectivity index (χ4n) is 3.01. The maximum atomic E-state index is 4.22. The van der Waals surface area contributed by atoms with Crippen molar-refractivity contribution < 1.29 is 0 Å². The second-order valence-electron chi connectivity index (χ2n) is 5.35. The zero-order chi connectivity index (χ0) is 11.9. The van der Waals surface area contributed by atoms with Gasteiger partial charge in [-0.1, -0.05) is 45.1 Å². The van der Waals surface area contributed by atoms with Gasteiger partial charge >= 0.3 is 0 Å². The highest BCUT2D eigenvalue weighted by molar-refractivity contribution is 5.14. The minimum Gasteiger partial charge on any atom is -0.264 e. The summed E-state index contributed by atoms with van der Waals surface area (Å²) in [6, 6.07) is 4.24. The molecular formula is C16H24N. The molecule has 0 aromatic carbocycles. The summed E-state index contributed by atoms with van der Waals surface area (Å²) in [6.07, 6.45) is 14.8. The van der Waals surface area contributed by atoms with E-state index < -0.39 is 0 Å². The molecule has 1 unspecified atom stereocenters. The smallest absolute Gasteiger partial charge is 0.0302 e. The molecule has 1 aliphatic carbocycles. The fraction of sp³-hybridized carbons (Fsp3) is 0.625. The standard InChI is InChI=1S/C16H24N/c1-2-15(16-9-6-12-17-13-16)11-10-14-7-4-3-5-8-14/h6,9,12-15H,1-5,7-8,10-11H2. The van der Waals surface area contributed by atoms with E-state index in [4.69, 9.17) is 0 Å². The summed E-state index contributed by atoms with van der Waals surface area (Å²) < 4.78 is 0. The Hall–Kier alpha value is -0.850. The normalized spacial score (nSPS) is 19.1. The first-order chi connectivity index (χ1) is 8.40. The summed E-state index contributed by atoms with van der Waals surface area (Å²) in [5.41, 5.74) is 1.37. The zero-order valence-corrected chi connectivity index (χ0v) is 10.8. The molecule has 0 amide bonds. The summed E-state index contributed by atoms with van der Waals surface area (Å²) >= 11 is 0. The van der Waals surface area contributed by atoms with Crippen LogP contribution < -0.4 is 0 Å². The van der Waals surface area contributed by atoms with E-state index in [2.05, 4.69) is 18.0 Å². The molecule has 1 saturated carbocycles. The Balaban J connectivity index is 1.83. The number of rotatable bonds is 5. The minimum absolute atomic E-state index is 0.616. The molecule has 1 aromatic rings. The van der Waals surface area contributed by atoms with Gasteiger partial charge in [-0.2, -0.15) is 0 Å². The molecule has 0 aliphatic heterocycles. The highest BCUT2D eigenvalue weighted by Crippen LogP contribution is 2.32. The highest BCUT2D eigenvalue weighted by Gasteiger charge is 2.16. The quantitative estimate of drug-likeness (QED) is 0.711. The first-order valence-electron chi connectivity index (χ1n) is 7.09. The summed E-state index contributed by atoms with van der Waals surface area (Å²) in [5.74, 6) is 1.60. The first kappa shape index (κ1) is 12.6. The van der Waals surface area contributed by atoms with Crippen molar-refractivity contribution in [2.45, 2.75) is 57.3 Å². The number of pyridine rings is 1. The molecule has 1 heteroatoms. The Bertz CT molecular complexity index is 301. The summed E-state index contributed by atoms with van der Waals surface area (Å²) in [5, 5.41) is 0. The molecule has 1 aromatic heterocycles. The van der Waals surface area contributed by atoms with E-state index in [1.54, 1.807) is 0 Å². The average Bonchev–Trinajstić information content (AvgIpc) is 2.42. The van der Waals surface area contributed by atoms with Gasteiger partial charge < -0.3 is 0 Å². The van der Waals surface area contributed by atoms with Crippen molar-refractivity contribution in [1.82, 2.24) is 4.98 Å². The van der Waals surface area contributed by atoms with Crippen molar-refractivity contribution in [3.63, 3.8) is 0 Å². The molecule has 1 nitrogen and oxygen atoms in total. The molecule has 2 rings (SSSR count). The average molecular weight is 230 g/mol. The monoisotopic (exact) mass is 230 g/mol. The van der Waals surface area contributed by atoms with Crippen molar-refractivity contribution in [3.05, 3.63) is 37.0 Å². The van der Waals surface area contributed by atoms with Gasteiger partial charge in [-0.25, -0.2) is 0 Å². The molecule has 1 heterocycles. The lowest BCUT2D eigenvalue weighted by molar-refractivity contribution is 0.323. The zero-order valence-electron chi connectivity index (χ0n) is 10.8. The van der Waals surface area contributed by atoms with Crippen LogP contribution in [0.25, 0.3) is 0 Å². The van der Waals surface area contributed by atoms with Gasteiger partial charge in [0.05, 0.1) is 0 Å². The third-order valence-corrected chi connectivity index (χ3v) is 4.15. The van der Waals surface area contributed by atoms with Gasteiger partial charge in [-0.3, -0.25) is 4.98 Å². The molecular weight excluding hydrogens is 206 g/mol. The van der Waals surface area contributed by atoms with Crippen molar-refractivity contribution in [2.24, 2.45) is 5.92 Å². The Morgan fingerprint density at radius 2 is 2.12 bits per heavy atom. The molecule has 17 heavy (non-hydrogen) atoms. The second kappa shape index (κ2) is 6.78. The van der Waals surface area contributed by atoms with Gasteiger partial charge in [0.25, 0.3) is 0 Å². The minimum atomic E-state index is 0.616. The topological polar surface area (TPSA) is 12.9 Å². The van der Waals surface area contributed by atoms with Crippen LogP contribution in [0.2, 0.25) is 0 Å². The van der Waals surface area contributed by atoms with Crippen LogP contribution in [0.4, 0.5) is 0 Å². The molecule has 0 saturated heterocycles. The van der Waals surface area contributed by atoms with Crippen LogP contribution in [0.1, 0.15) is 62.8 Å². The summed E-state index contributed by atoms with van der Waals surface area (Å²) in [4.78, 5) is 4.22. The predicted molar refractivity (Wildman–Crippen MR) is 72.8 cm³/mol. The number of hydrogen-bond acceptors (Lipinski definition) is 1. The summed E-state index contributed by atoms with van der Waals surface area (Å²) in [6.45, 7) is 4.10. The van der Waals surface area contributed by atoms with E-state index in [-0.39, 0.29) is 0 Å². The Kier molecular flexibility index (Phi) is 5.03.